The van der Waals surface area contributed by atoms with Crippen molar-refractivity contribution in [2.75, 3.05) is 18.0 Å². The van der Waals surface area contributed by atoms with Crippen LogP contribution in [0.25, 0.3) is 10.9 Å². The van der Waals surface area contributed by atoms with E-state index in [0.29, 0.717) is 46.7 Å². The van der Waals surface area contributed by atoms with Gasteiger partial charge in [-0.25, -0.2) is 18.7 Å². The number of fused-ring (bicyclic) bond motifs is 1. The molecule has 2 aromatic heterocycles. The highest BCUT2D eigenvalue weighted by molar-refractivity contribution is 9.10. The topological polar surface area (TPSA) is 51.0 Å². The van der Waals surface area contributed by atoms with Crippen molar-refractivity contribution in [3.63, 3.8) is 0 Å². The zero-order valence-electron chi connectivity index (χ0n) is 15.3. The van der Waals surface area contributed by atoms with E-state index < -0.39 is 5.82 Å². The lowest BCUT2D eigenvalue weighted by Crippen LogP contribution is -2.37. The minimum absolute atomic E-state index is 0.148. The average molecular weight is 449 g/mol. The predicted molar refractivity (Wildman–Crippen MR) is 108 cm³/mol. The van der Waals surface area contributed by atoms with Gasteiger partial charge in [0.25, 0.3) is 5.56 Å². The highest BCUT2D eigenvalue weighted by atomic mass is 79.9. The van der Waals surface area contributed by atoms with E-state index in [2.05, 4.69) is 25.9 Å². The molecule has 5 nitrogen and oxygen atoms in total. The Kier molecular flexibility index (Phi) is 5.14. The van der Waals surface area contributed by atoms with Crippen LogP contribution in [0.5, 0.6) is 0 Å². The van der Waals surface area contributed by atoms with E-state index >= 15 is 0 Å². The number of aryl methyl sites for hydroxylation is 1. The highest BCUT2D eigenvalue weighted by Gasteiger charge is 2.23. The van der Waals surface area contributed by atoms with E-state index in [1.807, 2.05) is 4.90 Å². The first-order chi connectivity index (χ1) is 13.4. The van der Waals surface area contributed by atoms with Gasteiger partial charge in [-0.15, -0.1) is 0 Å². The fraction of sp³-hybridized carbons (Fsp3) is 0.350. The van der Waals surface area contributed by atoms with Crippen molar-refractivity contribution in [2.24, 2.45) is 5.92 Å². The lowest BCUT2D eigenvalue weighted by molar-refractivity contribution is 0.346. The molecule has 0 bridgehead atoms. The van der Waals surface area contributed by atoms with Crippen LogP contribution in [0.15, 0.2) is 39.7 Å². The molecule has 1 fully saturated rings. The first-order valence-electron chi connectivity index (χ1n) is 9.15. The van der Waals surface area contributed by atoms with Gasteiger partial charge in [-0.1, -0.05) is 0 Å². The third-order valence-corrected chi connectivity index (χ3v) is 5.69. The summed E-state index contributed by atoms with van der Waals surface area (Å²) in [6.45, 7) is 3.67. The Morgan fingerprint density at radius 1 is 1.21 bits per heavy atom. The van der Waals surface area contributed by atoms with Crippen LogP contribution in [0.1, 0.15) is 18.7 Å². The first-order valence-corrected chi connectivity index (χ1v) is 9.94. The Labute approximate surface area is 169 Å². The SMILES string of the molecule is Cc1nc2cc(F)ccc2c(=O)n1CC1CCN(c2ncc(Br)cc2F)CC1. The maximum absolute atomic E-state index is 14.1. The maximum Gasteiger partial charge on any atom is 0.261 e. The van der Waals surface area contributed by atoms with Gasteiger partial charge >= 0.3 is 0 Å². The van der Waals surface area contributed by atoms with Crippen molar-refractivity contribution >= 4 is 32.7 Å². The summed E-state index contributed by atoms with van der Waals surface area (Å²) in [6.07, 6.45) is 3.24. The molecule has 146 valence electrons. The molecule has 1 aromatic carbocycles. The third kappa shape index (κ3) is 3.65. The third-order valence-electron chi connectivity index (χ3n) is 5.25. The summed E-state index contributed by atoms with van der Waals surface area (Å²) >= 11 is 3.22. The van der Waals surface area contributed by atoms with Gasteiger partial charge in [0.05, 0.1) is 10.9 Å². The number of aromatic nitrogens is 3. The van der Waals surface area contributed by atoms with Crippen LogP contribution in [0, 0.1) is 24.5 Å². The van der Waals surface area contributed by atoms with E-state index in [1.165, 1.54) is 24.3 Å². The second-order valence-corrected chi connectivity index (χ2v) is 8.04. The van der Waals surface area contributed by atoms with Gasteiger partial charge in [0, 0.05) is 36.4 Å². The lowest BCUT2D eigenvalue weighted by Gasteiger charge is -2.33. The van der Waals surface area contributed by atoms with Crippen molar-refractivity contribution in [3.05, 3.63) is 62.7 Å². The van der Waals surface area contributed by atoms with E-state index in [4.69, 9.17) is 0 Å². The number of halogens is 3. The minimum atomic E-state index is -0.405. The van der Waals surface area contributed by atoms with Gasteiger partial charge in [0.15, 0.2) is 11.6 Å². The summed E-state index contributed by atoms with van der Waals surface area (Å²) < 4.78 is 29.8. The molecule has 3 heterocycles. The van der Waals surface area contributed by atoms with Gasteiger partial charge in [0.1, 0.15) is 11.6 Å². The summed E-state index contributed by atoms with van der Waals surface area (Å²) in [5, 5.41) is 0.422. The second kappa shape index (κ2) is 7.58. The Hall–Kier alpha value is -2.35. The quantitative estimate of drug-likeness (QED) is 0.606. The zero-order valence-corrected chi connectivity index (χ0v) is 16.9. The fourth-order valence-electron chi connectivity index (χ4n) is 3.75. The maximum atomic E-state index is 14.1. The number of nitrogens with zero attached hydrogens (tertiary/aromatic N) is 4. The van der Waals surface area contributed by atoms with Crippen LogP contribution in [0.3, 0.4) is 0 Å². The molecule has 0 unspecified atom stereocenters. The molecule has 0 amide bonds. The molecule has 3 aromatic rings. The monoisotopic (exact) mass is 448 g/mol. The standard InChI is InChI=1S/C20H19BrF2N4O/c1-12-25-18-9-15(22)2-3-16(18)20(28)27(12)11-13-4-6-26(7-5-13)19-17(23)8-14(21)10-24-19/h2-3,8-10,13H,4-7,11H2,1H3. The lowest BCUT2D eigenvalue weighted by atomic mass is 9.96. The highest BCUT2D eigenvalue weighted by Crippen LogP contribution is 2.26. The first kappa shape index (κ1) is 19.0. The Bertz CT molecular complexity index is 1090. The number of hydrogen-bond donors (Lipinski definition) is 0. The van der Waals surface area contributed by atoms with Crippen LogP contribution in [-0.2, 0) is 6.54 Å². The van der Waals surface area contributed by atoms with Crippen LogP contribution in [0.2, 0.25) is 0 Å². The smallest absolute Gasteiger partial charge is 0.261 e. The van der Waals surface area contributed by atoms with Crippen molar-refractivity contribution in [1.29, 1.82) is 0 Å². The summed E-state index contributed by atoms with van der Waals surface area (Å²) in [6, 6.07) is 5.47. The molecule has 0 aliphatic carbocycles. The molecule has 0 spiro atoms. The average Bonchev–Trinajstić information content (AvgIpc) is 2.65. The number of rotatable bonds is 3. The Morgan fingerprint density at radius 3 is 2.68 bits per heavy atom. The second-order valence-electron chi connectivity index (χ2n) is 7.13. The normalized spacial score (nSPS) is 15.4. The number of pyridine rings is 1. The van der Waals surface area contributed by atoms with Gasteiger partial charge in [-0.05, 0) is 59.8 Å². The van der Waals surface area contributed by atoms with E-state index in [-0.39, 0.29) is 17.3 Å². The van der Waals surface area contributed by atoms with Crippen molar-refractivity contribution in [1.82, 2.24) is 14.5 Å². The molecule has 0 saturated carbocycles. The number of piperidine rings is 1. The number of hydrogen-bond acceptors (Lipinski definition) is 4. The van der Waals surface area contributed by atoms with Crippen LogP contribution in [0.4, 0.5) is 14.6 Å². The van der Waals surface area contributed by atoms with E-state index in [9.17, 15) is 13.6 Å². The molecule has 4 rings (SSSR count). The fourth-order valence-corrected chi connectivity index (χ4v) is 4.05. The molecule has 8 heteroatoms. The zero-order chi connectivity index (χ0) is 19.8. The largest absolute Gasteiger partial charge is 0.354 e. The van der Waals surface area contributed by atoms with Gasteiger partial charge in [-0.3, -0.25) is 9.36 Å². The van der Waals surface area contributed by atoms with Crippen molar-refractivity contribution < 1.29 is 8.78 Å². The summed E-state index contributed by atoms with van der Waals surface area (Å²) in [4.78, 5) is 23.3. The molecule has 0 atom stereocenters. The Balaban J connectivity index is 1.51. The van der Waals surface area contributed by atoms with Crippen LogP contribution >= 0.6 is 15.9 Å². The molecule has 0 N–H and O–H groups in total. The van der Waals surface area contributed by atoms with E-state index in [1.54, 1.807) is 17.7 Å². The minimum Gasteiger partial charge on any atom is -0.354 e. The summed E-state index contributed by atoms with van der Waals surface area (Å²) in [5.74, 6) is 0.477. The molecule has 1 saturated heterocycles. The Morgan fingerprint density at radius 2 is 1.96 bits per heavy atom. The molecular weight excluding hydrogens is 430 g/mol. The molecule has 1 aliphatic rings. The van der Waals surface area contributed by atoms with Gasteiger partial charge in [0.2, 0.25) is 0 Å². The predicted octanol–water partition coefficient (Wildman–Crippen LogP) is 4.06. The van der Waals surface area contributed by atoms with E-state index in [0.717, 1.165) is 12.8 Å². The van der Waals surface area contributed by atoms with Crippen LogP contribution in [-0.4, -0.2) is 27.6 Å². The van der Waals surface area contributed by atoms with Crippen molar-refractivity contribution in [3.8, 4) is 0 Å². The van der Waals surface area contributed by atoms with Gasteiger partial charge in [-0.2, -0.15) is 0 Å². The summed E-state index contributed by atoms with van der Waals surface area (Å²) in [7, 11) is 0. The molecule has 0 radical (unpaired) electrons. The number of benzene rings is 1. The van der Waals surface area contributed by atoms with Crippen molar-refractivity contribution in [2.45, 2.75) is 26.3 Å². The number of anilines is 1. The summed E-state index contributed by atoms with van der Waals surface area (Å²) in [5.41, 5.74) is 0.232. The molecular formula is C20H19BrF2N4O. The van der Waals surface area contributed by atoms with Crippen LogP contribution < -0.4 is 10.5 Å². The molecule has 28 heavy (non-hydrogen) atoms. The van der Waals surface area contributed by atoms with Gasteiger partial charge < -0.3 is 4.90 Å². The molecule has 1 aliphatic heterocycles.